The van der Waals surface area contributed by atoms with Crippen molar-refractivity contribution in [3.8, 4) is 0 Å². The number of aliphatic hydroxyl groups is 1. The van der Waals surface area contributed by atoms with E-state index in [0.717, 1.165) is 49.4 Å². The first kappa shape index (κ1) is 23.0. The van der Waals surface area contributed by atoms with Gasteiger partial charge >= 0.3 is 0 Å². The zero-order valence-corrected chi connectivity index (χ0v) is 19.8. The average molecular weight is 448 g/mol. The second-order valence-electron chi connectivity index (χ2n) is 10.8. The van der Waals surface area contributed by atoms with Gasteiger partial charge in [0, 0.05) is 24.5 Å². The summed E-state index contributed by atoms with van der Waals surface area (Å²) in [6, 6.07) is 1.97. The standard InChI is InChI=1S/C25H38ClN3O2/c1-16(2)23(14-30)27-5-3-4-20-9-21(22(26)13-28-20)24(31)29-15-25-10-17-6-18(11-25)8-19(7-17)12-25/h9,13,16-19,23,27,30H,3-8,10-12,14-15H2,1-2H3,(H,29,31)/t17?,18?,19?,23-,25?/m0/s1. The van der Waals surface area contributed by atoms with E-state index >= 15 is 0 Å². The molecule has 4 saturated carbocycles. The number of nitrogens with zero attached hydrogens (tertiary/aromatic N) is 1. The van der Waals surface area contributed by atoms with E-state index in [9.17, 15) is 9.90 Å². The van der Waals surface area contributed by atoms with Crippen molar-refractivity contribution in [2.24, 2.45) is 29.1 Å². The molecular formula is C25H38ClN3O2. The maximum Gasteiger partial charge on any atom is 0.252 e. The van der Waals surface area contributed by atoms with Gasteiger partial charge < -0.3 is 15.7 Å². The summed E-state index contributed by atoms with van der Waals surface area (Å²) in [6.07, 6.45) is 11.4. The molecule has 4 aliphatic rings. The Morgan fingerprint density at radius 1 is 1.23 bits per heavy atom. The molecule has 31 heavy (non-hydrogen) atoms. The van der Waals surface area contributed by atoms with Gasteiger partial charge in [0.15, 0.2) is 0 Å². The van der Waals surface area contributed by atoms with Crippen molar-refractivity contribution in [1.82, 2.24) is 15.6 Å². The maximum absolute atomic E-state index is 13.0. The van der Waals surface area contributed by atoms with Gasteiger partial charge in [-0.3, -0.25) is 9.78 Å². The minimum Gasteiger partial charge on any atom is -0.395 e. The average Bonchev–Trinajstić information content (AvgIpc) is 2.72. The number of hydrogen-bond acceptors (Lipinski definition) is 4. The van der Waals surface area contributed by atoms with Crippen molar-refractivity contribution < 1.29 is 9.90 Å². The van der Waals surface area contributed by atoms with E-state index in [1.165, 1.54) is 38.5 Å². The third kappa shape index (κ3) is 5.43. The topological polar surface area (TPSA) is 74.2 Å². The zero-order valence-electron chi connectivity index (χ0n) is 19.0. The molecular weight excluding hydrogens is 410 g/mol. The van der Waals surface area contributed by atoms with Crippen molar-refractivity contribution in [1.29, 1.82) is 0 Å². The number of amides is 1. The largest absolute Gasteiger partial charge is 0.395 e. The highest BCUT2D eigenvalue weighted by Gasteiger charge is 2.50. The molecule has 6 heteroatoms. The van der Waals surface area contributed by atoms with Crippen LogP contribution < -0.4 is 10.6 Å². The summed E-state index contributed by atoms with van der Waals surface area (Å²) in [4.78, 5) is 17.4. The van der Waals surface area contributed by atoms with E-state index in [1.54, 1.807) is 6.20 Å². The van der Waals surface area contributed by atoms with Gasteiger partial charge in [-0.1, -0.05) is 25.4 Å². The summed E-state index contributed by atoms with van der Waals surface area (Å²) >= 11 is 6.34. The number of pyridine rings is 1. The van der Waals surface area contributed by atoms with Crippen LogP contribution in [-0.4, -0.2) is 41.7 Å². The zero-order chi connectivity index (χ0) is 22.0. The van der Waals surface area contributed by atoms with Crippen LogP contribution in [-0.2, 0) is 6.42 Å². The lowest BCUT2D eigenvalue weighted by atomic mass is 9.49. The first-order valence-corrected chi connectivity index (χ1v) is 12.5. The molecule has 4 fully saturated rings. The van der Waals surface area contributed by atoms with Gasteiger partial charge in [-0.2, -0.15) is 0 Å². The fourth-order valence-electron chi connectivity index (χ4n) is 6.73. The second-order valence-corrected chi connectivity index (χ2v) is 11.3. The van der Waals surface area contributed by atoms with E-state index < -0.39 is 0 Å². The molecule has 4 bridgehead atoms. The molecule has 1 amide bonds. The number of rotatable bonds is 10. The highest BCUT2D eigenvalue weighted by Crippen LogP contribution is 2.59. The van der Waals surface area contributed by atoms with Gasteiger partial charge in [0.1, 0.15) is 0 Å². The van der Waals surface area contributed by atoms with Gasteiger partial charge in [0.2, 0.25) is 0 Å². The quantitative estimate of drug-likeness (QED) is 0.469. The minimum atomic E-state index is -0.0670. The van der Waals surface area contributed by atoms with Crippen LogP contribution in [0.15, 0.2) is 12.3 Å². The van der Waals surface area contributed by atoms with Crippen molar-refractivity contribution in [2.45, 2.75) is 71.3 Å². The molecule has 0 spiro atoms. The summed E-state index contributed by atoms with van der Waals surface area (Å²) in [5.74, 6) is 2.97. The number of carbonyl (C=O) groups excluding carboxylic acids is 1. The Morgan fingerprint density at radius 3 is 2.45 bits per heavy atom. The van der Waals surface area contributed by atoms with E-state index in [4.69, 9.17) is 11.6 Å². The molecule has 172 valence electrons. The fourth-order valence-corrected chi connectivity index (χ4v) is 6.92. The van der Waals surface area contributed by atoms with E-state index in [2.05, 4.69) is 29.5 Å². The lowest BCUT2D eigenvalue weighted by Crippen LogP contribution is -2.51. The molecule has 3 N–H and O–H groups in total. The van der Waals surface area contributed by atoms with Gasteiger partial charge in [-0.25, -0.2) is 0 Å². The Kier molecular flexibility index (Phi) is 7.24. The number of hydrogen-bond donors (Lipinski definition) is 3. The Bertz CT molecular complexity index is 747. The highest BCUT2D eigenvalue weighted by molar-refractivity contribution is 6.33. The molecule has 1 atom stereocenters. The molecule has 1 heterocycles. The normalized spacial score (nSPS) is 30.0. The fraction of sp³-hybridized carbons (Fsp3) is 0.760. The number of carbonyl (C=O) groups is 1. The number of halogens is 1. The lowest BCUT2D eigenvalue weighted by molar-refractivity contribution is -0.0503. The monoisotopic (exact) mass is 447 g/mol. The van der Waals surface area contributed by atoms with Crippen molar-refractivity contribution in [3.63, 3.8) is 0 Å². The Labute approximate surface area is 191 Å². The van der Waals surface area contributed by atoms with E-state index in [1.807, 2.05) is 6.07 Å². The van der Waals surface area contributed by atoms with Gasteiger partial charge in [0.25, 0.3) is 5.91 Å². The third-order valence-electron chi connectivity index (χ3n) is 7.96. The van der Waals surface area contributed by atoms with Crippen molar-refractivity contribution in [2.75, 3.05) is 19.7 Å². The van der Waals surface area contributed by atoms with Crippen LogP contribution in [0.1, 0.15) is 74.8 Å². The summed E-state index contributed by atoms with van der Waals surface area (Å²) in [5.41, 5.74) is 1.74. The minimum absolute atomic E-state index is 0.0670. The molecule has 5 rings (SSSR count). The van der Waals surface area contributed by atoms with E-state index in [0.29, 0.717) is 21.9 Å². The van der Waals surface area contributed by atoms with Crippen LogP contribution >= 0.6 is 11.6 Å². The number of aryl methyl sites for hydroxylation is 1. The SMILES string of the molecule is CC(C)[C@H](CO)NCCCc1cc(C(=O)NCC23CC4CC(CC(C4)C2)C3)c(Cl)cn1. The molecule has 0 radical (unpaired) electrons. The molecule has 5 nitrogen and oxygen atoms in total. The summed E-state index contributed by atoms with van der Waals surface area (Å²) in [6.45, 7) is 5.93. The Morgan fingerprint density at radius 2 is 1.87 bits per heavy atom. The molecule has 0 saturated heterocycles. The first-order chi connectivity index (χ1) is 14.9. The van der Waals surface area contributed by atoms with Gasteiger partial charge in [0.05, 0.1) is 17.2 Å². The summed E-state index contributed by atoms with van der Waals surface area (Å²) < 4.78 is 0. The van der Waals surface area contributed by atoms with Crippen LogP contribution in [0.3, 0.4) is 0 Å². The van der Waals surface area contributed by atoms with Gasteiger partial charge in [-0.05, 0) is 93.1 Å². The number of aliphatic hydroxyl groups excluding tert-OH is 1. The first-order valence-electron chi connectivity index (χ1n) is 12.1. The van der Waals surface area contributed by atoms with Crippen LogP contribution in [0.5, 0.6) is 0 Å². The van der Waals surface area contributed by atoms with Crippen LogP contribution in [0.4, 0.5) is 0 Å². The molecule has 0 aromatic carbocycles. The summed E-state index contributed by atoms with van der Waals surface area (Å²) in [5, 5.41) is 16.5. The van der Waals surface area contributed by atoms with Crippen LogP contribution in [0.25, 0.3) is 0 Å². The highest BCUT2D eigenvalue weighted by atomic mass is 35.5. The van der Waals surface area contributed by atoms with Crippen molar-refractivity contribution in [3.05, 3.63) is 28.5 Å². The van der Waals surface area contributed by atoms with Crippen molar-refractivity contribution >= 4 is 17.5 Å². The summed E-state index contributed by atoms with van der Waals surface area (Å²) in [7, 11) is 0. The predicted molar refractivity (Wildman–Crippen MR) is 124 cm³/mol. The maximum atomic E-state index is 13.0. The van der Waals surface area contributed by atoms with Crippen LogP contribution in [0, 0.1) is 29.1 Å². The Balaban J connectivity index is 1.30. The number of aromatic nitrogens is 1. The smallest absolute Gasteiger partial charge is 0.252 e. The molecule has 0 unspecified atom stereocenters. The lowest BCUT2D eigenvalue weighted by Gasteiger charge is -2.56. The molecule has 4 aliphatic carbocycles. The van der Waals surface area contributed by atoms with Crippen LogP contribution in [0.2, 0.25) is 5.02 Å². The molecule has 1 aromatic rings. The molecule has 1 aromatic heterocycles. The second kappa shape index (κ2) is 9.76. The molecule has 0 aliphatic heterocycles. The predicted octanol–water partition coefficient (Wildman–Crippen LogP) is 4.22. The number of nitrogens with one attached hydrogen (secondary N) is 2. The van der Waals surface area contributed by atoms with Gasteiger partial charge in [-0.15, -0.1) is 0 Å². The van der Waals surface area contributed by atoms with E-state index in [-0.39, 0.29) is 18.6 Å². The Hall–Kier alpha value is -1.17. The third-order valence-corrected chi connectivity index (χ3v) is 8.26.